The van der Waals surface area contributed by atoms with Crippen molar-refractivity contribution in [3.05, 3.63) is 22.7 Å². The Hall–Kier alpha value is -0.930. The van der Waals surface area contributed by atoms with Crippen LogP contribution in [-0.4, -0.2) is 27.2 Å². The van der Waals surface area contributed by atoms with E-state index >= 15 is 0 Å². The van der Waals surface area contributed by atoms with Crippen LogP contribution in [-0.2, 0) is 0 Å². The molecule has 1 heterocycles. The van der Waals surface area contributed by atoms with Crippen LogP contribution in [0.25, 0.3) is 0 Å². The molecule has 0 bridgehead atoms. The summed E-state index contributed by atoms with van der Waals surface area (Å²) in [4.78, 5) is 2.28. The zero-order valence-electron chi connectivity index (χ0n) is 10.9. The van der Waals surface area contributed by atoms with Gasteiger partial charge in [0.2, 0.25) is 0 Å². The summed E-state index contributed by atoms with van der Waals surface area (Å²) < 4.78 is 5.48. The van der Waals surface area contributed by atoms with Crippen molar-refractivity contribution < 1.29 is 4.74 Å². The highest BCUT2D eigenvalue weighted by Gasteiger charge is 2.54. The minimum absolute atomic E-state index is 0.354. The Morgan fingerprint density at radius 3 is 2.78 bits per heavy atom. The maximum Gasteiger partial charge on any atom is 0.142 e. The van der Waals surface area contributed by atoms with Crippen molar-refractivity contribution >= 4 is 17.3 Å². The Morgan fingerprint density at radius 1 is 1.50 bits per heavy atom. The lowest BCUT2D eigenvalue weighted by Crippen LogP contribution is -2.39. The lowest BCUT2D eigenvalue weighted by atomic mass is 9.78. The number of nitrogens with zero attached hydrogens (tertiary/aromatic N) is 1. The van der Waals surface area contributed by atoms with Gasteiger partial charge in [0, 0.05) is 30.1 Å². The molecule has 1 aliphatic heterocycles. The van der Waals surface area contributed by atoms with Crippen molar-refractivity contribution in [2.75, 3.05) is 32.1 Å². The van der Waals surface area contributed by atoms with Gasteiger partial charge in [0.05, 0.1) is 12.8 Å². The Morgan fingerprint density at radius 2 is 2.22 bits per heavy atom. The Labute approximate surface area is 113 Å². The normalized spacial score (nSPS) is 24.0. The maximum atomic E-state index is 6.43. The minimum Gasteiger partial charge on any atom is -0.495 e. The fourth-order valence-corrected chi connectivity index (χ4v) is 3.74. The Kier molecular flexibility index (Phi) is 2.72. The second kappa shape index (κ2) is 4.04. The van der Waals surface area contributed by atoms with Gasteiger partial charge in [-0.15, -0.1) is 0 Å². The first-order chi connectivity index (χ1) is 8.63. The van der Waals surface area contributed by atoms with Crippen molar-refractivity contribution in [2.45, 2.75) is 18.8 Å². The molecule has 1 saturated carbocycles. The smallest absolute Gasteiger partial charge is 0.142 e. The van der Waals surface area contributed by atoms with Crippen LogP contribution in [0.1, 0.15) is 24.3 Å². The van der Waals surface area contributed by atoms with Gasteiger partial charge in [-0.1, -0.05) is 11.6 Å². The first-order valence-corrected chi connectivity index (χ1v) is 6.78. The van der Waals surface area contributed by atoms with Gasteiger partial charge in [0.15, 0.2) is 0 Å². The summed E-state index contributed by atoms with van der Waals surface area (Å²) in [5, 5.41) is 0.819. The molecule has 1 aromatic carbocycles. The zero-order chi connectivity index (χ0) is 12.9. The number of benzene rings is 1. The molecule has 2 N–H and O–H groups in total. The second-order valence-corrected chi connectivity index (χ2v) is 5.93. The third kappa shape index (κ3) is 1.54. The van der Waals surface area contributed by atoms with Gasteiger partial charge in [0.25, 0.3) is 0 Å². The van der Waals surface area contributed by atoms with Gasteiger partial charge in [-0.25, -0.2) is 0 Å². The van der Waals surface area contributed by atoms with Crippen LogP contribution in [0.15, 0.2) is 12.1 Å². The predicted molar refractivity (Wildman–Crippen MR) is 74.7 cm³/mol. The van der Waals surface area contributed by atoms with E-state index in [2.05, 4.69) is 11.9 Å². The molecule has 1 unspecified atom stereocenters. The molecule has 0 amide bonds. The summed E-state index contributed by atoms with van der Waals surface area (Å²) in [6.45, 7) is 1.71. The number of anilines is 1. The van der Waals surface area contributed by atoms with E-state index in [9.17, 15) is 0 Å². The van der Waals surface area contributed by atoms with Crippen LogP contribution >= 0.6 is 11.6 Å². The van der Waals surface area contributed by atoms with Crippen molar-refractivity contribution in [2.24, 2.45) is 11.1 Å². The van der Waals surface area contributed by atoms with Crippen LogP contribution in [0.5, 0.6) is 5.75 Å². The first-order valence-electron chi connectivity index (χ1n) is 6.40. The van der Waals surface area contributed by atoms with E-state index in [1.54, 1.807) is 7.11 Å². The molecule has 1 aromatic rings. The molecule has 1 aliphatic carbocycles. The number of ether oxygens (including phenoxy) is 1. The second-order valence-electron chi connectivity index (χ2n) is 5.52. The van der Waals surface area contributed by atoms with Gasteiger partial charge >= 0.3 is 0 Å². The summed E-state index contributed by atoms with van der Waals surface area (Å²) in [5.74, 6) is 1.26. The van der Waals surface area contributed by atoms with Crippen molar-refractivity contribution in [3.8, 4) is 5.75 Å². The van der Waals surface area contributed by atoms with Crippen LogP contribution < -0.4 is 15.4 Å². The van der Waals surface area contributed by atoms with E-state index in [0.29, 0.717) is 17.9 Å². The fraction of sp³-hybridized carbons (Fsp3) is 0.571. The minimum atomic E-state index is 0.354. The summed E-state index contributed by atoms with van der Waals surface area (Å²) in [6, 6.07) is 3.87. The van der Waals surface area contributed by atoms with Crippen LogP contribution in [0.2, 0.25) is 5.02 Å². The van der Waals surface area contributed by atoms with Gasteiger partial charge in [0.1, 0.15) is 5.75 Å². The molecule has 2 aliphatic rings. The van der Waals surface area contributed by atoms with Crippen molar-refractivity contribution in [1.82, 2.24) is 0 Å². The number of hydrogen-bond acceptors (Lipinski definition) is 3. The maximum absolute atomic E-state index is 6.43. The predicted octanol–water partition coefficient (Wildman–Crippen LogP) is 2.62. The summed E-state index contributed by atoms with van der Waals surface area (Å²) in [6.07, 6.45) is 2.51. The molecule has 1 spiro atoms. The van der Waals surface area contributed by atoms with Gasteiger partial charge in [-0.05, 0) is 36.9 Å². The molecule has 0 saturated heterocycles. The summed E-state index contributed by atoms with van der Waals surface area (Å²) in [7, 11) is 3.82. The fourth-order valence-electron chi connectivity index (χ4n) is 3.46. The summed E-state index contributed by atoms with van der Waals surface area (Å²) >= 11 is 6.43. The zero-order valence-corrected chi connectivity index (χ0v) is 11.6. The highest BCUT2D eigenvalue weighted by atomic mass is 35.5. The van der Waals surface area contributed by atoms with Crippen molar-refractivity contribution in [3.63, 3.8) is 0 Å². The lowest BCUT2D eigenvalue weighted by molar-refractivity contribution is 0.375. The van der Waals surface area contributed by atoms with E-state index in [0.717, 1.165) is 23.0 Å². The van der Waals surface area contributed by atoms with E-state index in [1.165, 1.54) is 18.4 Å². The highest BCUT2D eigenvalue weighted by molar-refractivity contribution is 6.32. The molecule has 3 rings (SSSR count). The summed E-state index contributed by atoms with van der Waals surface area (Å²) in [5.41, 5.74) is 8.68. The molecule has 4 heteroatoms. The monoisotopic (exact) mass is 266 g/mol. The molecular weight excluding hydrogens is 248 g/mol. The standard InChI is InChI=1S/C14H19ClN2O/c1-17-8-14(5-6-14)9(7-16)12-10(15)3-4-11(18-2)13(12)17/h3-4,9H,5-8,16H2,1-2H3. The van der Waals surface area contributed by atoms with Crippen molar-refractivity contribution in [1.29, 1.82) is 0 Å². The molecule has 0 aromatic heterocycles. The molecule has 1 fully saturated rings. The number of halogens is 1. The average molecular weight is 267 g/mol. The molecule has 1 atom stereocenters. The van der Waals surface area contributed by atoms with Gasteiger partial charge < -0.3 is 15.4 Å². The first kappa shape index (κ1) is 12.1. The third-order valence-electron chi connectivity index (χ3n) is 4.50. The van der Waals surface area contributed by atoms with E-state index in [1.807, 2.05) is 12.1 Å². The van der Waals surface area contributed by atoms with Gasteiger partial charge in [-0.3, -0.25) is 0 Å². The molecule has 18 heavy (non-hydrogen) atoms. The molecule has 98 valence electrons. The van der Waals surface area contributed by atoms with Gasteiger partial charge in [-0.2, -0.15) is 0 Å². The Bertz CT molecular complexity index is 485. The topological polar surface area (TPSA) is 38.5 Å². The van der Waals surface area contributed by atoms with E-state index in [-0.39, 0.29) is 0 Å². The molecule has 3 nitrogen and oxygen atoms in total. The number of rotatable bonds is 2. The van der Waals surface area contributed by atoms with E-state index in [4.69, 9.17) is 22.1 Å². The molecular formula is C14H19ClN2O. The highest BCUT2D eigenvalue weighted by Crippen LogP contribution is 2.62. The van der Waals surface area contributed by atoms with Crippen LogP contribution in [0.4, 0.5) is 5.69 Å². The largest absolute Gasteiger partial charge is 0.495 e. The lowest BCUT2D eigenvalue weighted by Gasteiger charge is -2.40. The SMILES string of the molecule is COc1ccc(Cl)c2c1N(C)CC1(CC1)C2CN. The molecule has 0 radical (unpaired) electrons. The average Bonchev–Trinajstić information content (AvgIpc) is 3.11. The number of methoxy groups -OCH3 is 1. The number of fused-ring (bicyclic) bond motifs is 1. The third-order valence-corrected chi connectivity index (χ3v) is 4.83. The van der Waals surface area contributed by atoms with E-state index < -0.39 is 0 Å². The Balaban J connectivity index is 2.20. The van der Waals surface area contributed by atoms with Crippen LogP contribution in [0, 0.1) is 5.41 Å². The quantitative estimate of drug-likeness (QED) is 0.894. The number of nitrogens with two attached hydrogens (primary N) is 1. The van der Waals surface area contributed by atoms with Crippen LogP contribution in [0.3, 0.4) is 0 Å². The number of hydrogen-bond donors (Lipinski definition) is 1.